The summed E-state index contributed by atoms with van der Waals surface area (Å²) in [5.41, 5.74) is 1.16. The Morgan fingerprint density at radius 2 is 2.24 bits per heavy atom. The van der Waals surface area contributed by atoms with E-state index in [4.69, 9.17) is 0 Å². The Morgan fingerprint density at radius 3 is 2.96 bits per heavy atom. The summed E-state index contributed by atoms with van der Waals surface area (Å²) in [6.45, 7) is 4.47. The van der Waals surface area contributed by atoms with Gasteiger partial charge in [0.15, 0.2) is 0 Å². The highest BCUT2D eigenvalue weighted by molar-refractivity contribution is 7.09. The SMILES string of the molecule is Cc1nc(CN2C[C@]3(CCN(C(=O)c4cnccn4)C3)CC2=O)cs1. The van der Waals surface area contributed by atoms with Gasteiger partial charge in [0, 0.05) is 49.2 Å². The molecule has 2 aromatic rings. The van der Waals surface area contributed by atoms with Crippen LogP contribution in [0.1, 0.15) is 34.0 Å². The number of hydrogen-bond acceptors (Lipinski definition) is 6. The molecule has 25 heavy (non-hydrogen) atoms. The lowest BCUT2D eigenvalue weighted by atomic mass is 9.86. The van der Waals surface area contributed by atoms with Crippen molar-refractivity contribution in [3.63, 3.8) is 0 Å². The number of thiazole rings is 1. The fraction of sp³-hybridized carbons (Fsp3) is 0.471. The minimum Gasteiger partial charge on any atom is -0.337 e. The molecule has 2 aliphatic rings. The van der Waals surface area contributed by atoms with Gasteiger partial charge >= 0.3 is 0 Å². The van der Waals surface area contributed by atoms with Crippen LogP contribution >= 0.6 is 11.3 Å². The van der Waals surface area contributed by atoms with E-state index < -0.39 is 0 Å². The van der Waals surface area contributed by atoms with E-state index in [9.17, 15) is 9.59 Å². The molecule has 0 N–H and O–H groups in total. The lowest BCUT2D eigenvalue weighted by Gasteiger charge is -2.23. The Hall–Kier alpha value is -2.35. The minimum atomic E-state index is -0.139. The lowest BCUT2D eigenvalue weighted by Crippen LogP contribution is -2.34. The number of rotatable bonds is 3. The Morgan fingerprint density at radius 1 is 1.36 bits per heavy atom. The topological polar surface area (TPSA) is 79.3 Å². The van der Waals surface area contributed by atoms with Crippen LogP contribution in [0.5, 0.6) is 0 Å². The third-order valence-electron chi connectivity index (χ3n) is 4.93. The summed E-state index contributed by atoms with van der Waals surface area (Å²) in [4.78, 5) is 41.2. The molecule has 0 bridgehead atoms. The van der Waals surface area contributed by atoms with E-state index in [0.29, 0.717) is 38.3 Å². The molecule has 2 aromatic heterocycles. The highest BCUT2D eigenvalue weighted by Crippen LogP contribution is 2.41. The number of aromatic nitrogens is 3. The number of likely N-dealkylation sites (tertiary alicyclic amines) is 2. The van der Waals surface area contributed by atoms with E-state index >= 15 is 0 Å². The van der Waals surface area contributed by atoms with E-state index in [-0.39, 0.29) is 17.2 Å². The summed E-state index contributed by atoms with van der Waals surface area (Å²) in [5, 5.41) is 3.02. The van der Waals surface area contributed by atoms with Crippen molar-refractivity contribution in [1.29, 1.82) is 0 Å². The summed E-state index contributed by atoms with van der Waals surface area (Å²) in [5.74, 6) is 0.0467. The summed E-state index contributed by atoms with van der Waals surface area (Å²) in [6, 6.07) is 0. The van der Waals surface area contributed by atoms with Crippen LogP contribution in [0.25, 0.3) is 0 Å². The van der Waals surface area contributed by atoms with Gasteiger partial charge in [-0.25, -0.2) is 9.97 Å². The van der Waals surface area contributed by atoms with E-state index in [1.807, 2.05) is 17.2 Å². The number of nitrogens with zero attached hydrogens (tertiary/aromatic N) is 5. The quantitative estimate of drug-likeness (QED) is 0.832. The number of amides is 2. The molecule has 130 valence electrons. The average Bonchev–Trinajstić information content (AvgIpc) is 3.29. The molecule has 0 aliphatic carbocycles. The second kappa shape index (κ2) is 6.18. The van der Waals surface area contributed by atoms with Crippen LogP contribution in [0.4, 0.5) is 0 Å². The highest BCUT2D eigenvalue weighted by Gasteiger charge is 2.48. The second-order valence-electron chi connectivity index (χ2n) is 6.85. The van der Waals surface area contributed by atoms with Crippen molar-refractivity contribution < 1.29 is 9.59 Å². The Balaban J connectivity index is 1.43. The Bertz CT molecular complexity index is 808. The predicted molar refractivity (Wildman–Crippen MR) is 91.9 cm³/mol. The fourth-order valence-electron chi connectivity index (χ4n) is 3.76. The van der Waals surface area contributed by atoms with E-state index in [2.05, 4.69) is 15.0 Å². The van der Waals surface area contributed by atoms with Gasteiger partial charge in [0.2, 0.25) is 5.91 Å². The Labute approximate surface area is 149 Å². The van der Waals surface area contributed by atoms with Crippen molar-refractivity contribution >= 4 is 23.2 Å². The molecule has 4 rings (SSSR count). The number of carbonyl (C=O) groups excluding carboxylic acids is 2. The molecule has 2 fully saturated rings. The first kappa shape index (κ1) is 16.1. The van der Waals surface area contributed by atoms with Crippen molar-refractivity contribution in [1.82, 2.24) is 24.8 Å². The van der Waals surface area contributed by atoms with Crippen LogP contribution < -0.4 is 0 Å². The molecule has 2 aliphatic heterocycles. The van der Waals surface area contributed by atoms with Gasteiger partial charge in [-0.3, -0.25) is 14.6 Å². The van der Waals surface area contributed by atoms with E-state index in [1.165, 1.54) is 12.4 Å². The second-order valence-corrected chi connectivity index (χ2v) is 7.91. The maximum atomic E-state index is 12.6. The summed E-state index contributed by atoms with van der Waals surface area (Å²) in [6.07, 6.45) is 5.91. The van der Waals surface area contributed by atoms with Crippen molar-refractivity contribution in [3.05, 3.63) is 40.4 Å². The molecule has 0 unspecified atom stereocenters. The number of hydrogen-bond donors (Lipinski definition) is 0. The smallest absolute Gasteiger partial charge is 0.274 e. The van der Waals surface area contributed by atoms with Crippen molar-refractivity contribution in [2.45, 2.75) is 26.3 Å². The number of aryl methyl sites for hydroxylation is 1. The van der Waals surface area contributed by atoms with Crippen molar-refractivity contribution in [3.8, 4) is 0 Å². The molecule has 2 saturated heterocycles. The maximum absolute atomic E-state index is 12.6. The van der Waals surface area contributed by atoms with Gasteiger partial charge in [-0.2, -0.15) is 0 Å². The molecule has 7 nitrogen and oxygen atoms in total. The summed E-state index contributed by atoms with van der Waals surface area (Å²) < 4.78 is 0. The average molecular weight is 357 g/mol. The van der Waals surface area contributed by atoms with Gasteiger partial charge in [0.1, 0.15) is 5.69 Å². The van der Waals surface area contributed by atoms with Crippen molar-refractivity contribution in [2.24, 2.45) is 5.41 Å². The number of carbonyl (C=O) groups is 2. The predicted octanol–water partition coefficient (Wildman–Crippen LogP) is 1.51. The zero-order chi connectivity index (χ0) is 17.4. The van der Waals surface area contributed by atoms with Crippen LogP contribution in [0.3, 0.4) is 0 Å². The standard InChI is InChI=1S/C17H19N5O2S/c1-12-20-13(9-25-12)8-22-11-17(6-15(22)23)2-5-21(10-17)16(24)14-7-18-3-4-19-14/h3-4,7,9H,2,5-6,8,10-11H2,1H3/t17-/m1/s1. The van der Waals surface area contributed by atoms with Gasteiger partial charge in [-0.05, 0) is 13.3 Å². The fourth-order valence-corrected chi connectivity index (χ4v) is 4.36. The van der Waals surface area contributed by atoms with Gasteiger partial charge in [0.25, 0.3) is 5.91 Å². The molecule has 8 heteroatoms. The first-order valence-electron chi connectivity index (χ1n) is 8.29. The monoisotopic (exact) mass is 357 g/mol. The largest absolute Gasteiger partial charge is 0.337 e. The third kappa shape index (κ3) is 3.13. The zero-order valence-electron chi connectivity index (χ0n) is 14.0. The molecule has 1 atom stereocenters. The molecular formula is C17H19N5O2S. The summed E-state index contributed by atoms with van der Waals surface area (Å²) >= 11 is 1.60. The van der Waals surface area contributed by atoms with Gasteiger partial charge in [0.05, 0.1) is 23.4 Å². The molecule has 0 aromatic carbocycles. The van der Waals surface area contributed by atoms with Crippen LogP contribution in [-0.2, 0) is 11.3 Å². The first-order valence-corrected chi connectivity index (χ1v) is 9.17. The van der Waals surface area contributed by atoms with E-state index in [0.717, 1.165) is 17.1 Å². The van der Waals surface area contributed by atoms with E-state index in [1.54, 1.807) is 22.4 Å². The molecule has 2 amide bonds. The molecule has 1 spiro atoms. The molecular weight excluding hydrogens is 338 g/mol. The normalized spacial score (nSPS) is 23.0. The summed E-state index contributed by atoms with van der Waals surface area (Å²) in [7, 11) is 0. The van der Waals surface area contributed by atoms with Gasteiger partial charge in [-0.15, -0.1) is 11.3 Å². The Kier molecular flexibility index (Phi) is 3.99. The minimum absolute atomic E-state index is 0.106. The van der Waals surface area contributed by atoms with Crippen LogP contribution in [0.2, 0.25) is 0 Å². The maximum Gasteiger partial charge on any atom is 0.274 e. The van der Waals surface area contributed by atoms with Gasteiger partial charge < -0.3 is 9.80 Å². The third-order valence-corrected chi connectivity index (χ3v) is 5.75. The highest BCUT2D eigenvalue weighted by atomic mass is 32.1. The van der Waals surface area contributed by atoms with Crippen LogP contribution in [-0.4, -0.2) is 56.2 Å². The van der Waals surface area contributed by atoms with Crippen LogP contribution in [0.15, 0.2) is 24.0 Å². The molecule has 0 radical (unpaired) electrons. The van der Waals surface area contributed by atoms with Gasteiger partial charge in [-0.1, -0.05) is 0 Å². The lowest BCUT2D eigenvalue weighted by molar-refractivity contribution is -0.128. The first-order chi connectivity index (χ1) is 12.0. The zero-order valence-corrected chi connectivity index (χ0v) is 14.8. The molecule has 0 saturated carbocycles. The molecule has 4 heterocycles. The van der Waals surface area contributed by atoms with Crippen molar-refractivity contribution in [2.75, 3.05) is 19.6 Å². The van der Waals surface area contributed by atoms with Crippen LogP contribution in [0, 0.1) is 12.3 Å².